The zero-order valence-corrected chi connectivity index (χ0v) is 11.7. The summed E-state index contributed by atoms with van der Waals surface area (Å²) in [7, 11) is 0. The van der Waals surface area contributed by atoms with E-state index in [4.69, 9.17) is 10.5 Å². The van der Waals surface area contributed by atoms with Gasteiger partial charge in [0, 0.05) is 29.1 Å². The van der Waals surface area contributed by atoms with E-state index in [0.717, 1.165) is 30.7 Å². The largest absolute Gasteiger partial charge is 0.477 e. The van der Waals surface area contributed by atoms with Gasteiger partial charge < -0.3 is 10.5 Å². The summed E-state index contributed by atoms with van der Waals surface area (Å²) >= 11 is 1.76. The summed E-state index contributed by atoms with van der Waals surface area (Å²) in [5.41, 5.74) is 9.38. The van der Waals surface area contributed by atoms with Crippen LogP contribution in [0.3, 0.4) is 0 Å². The number of nitrogens with two attached hydrogens (primary N) is 1. The van der Waals surface area contributed by atoms with Crippen molar-refractivity contribution in [1.29, 1.82) is 0 Å². The molecule has 0 amide bonds. The molecule has 0 spiro atoms. The minimum absolute atomic E-state index is 0.495. The number of fused-ring (bicyclic) bond motifs is 1. The Labute approximate surface area is 117 Å². The Hall–Kier alpha value is -1.39. The Bertz CT molecular complexity index is 552. The summed E-state index contributed by atoms with van der Waals surface area (Å²) in [6.45, 7) is 1.16. The van der Waals surface area contributed by atoms with Crippen LogP contribution in [0, 0.1) is 0 Å². The van der Waals surface area contributed by atoms with Crippen LogP contribution >= 0.6 is 11.3 Å². The minimum Gasteiger partial charge on any atom is -0.477 e. The molecule has 2 aromatic rings. The van der Waals surface area contributed by atoms with Crippen LogP contribution in [0.2, 0.25) is 0 Å². The summed E-state index contributed by atoms with van der Waals surface area (Å²) in [6.07, 6.45) is 4.33. The first-order chi connectivity index (χ1) is 9.36. The van der Waals surface area contributed by atoms with Crippen molar-refractivity contribution in [2.24, 2.45) is 5.73 Å². The standard InChI is InChI=1S/C15H18N2OS/c16-10-12-9-11-3-1-5-14(11)17-15(12)18-7-6-13-4-2-8-19-13/h2,4,8-9H,1,3,5-7,10,16H2. The number of thiophene rings is 1. The van der Waals surface area contributed by atoms with Gasteiger partial charge in [-0.2, -0.15) is 0 Å². The predicted molar refractivity (Wildman–Crippen MR) is 77.7 cm³/mol. The second-order valence-electron chi connectivity index (χ2n) is 4.79. The van der Waals surface area contributed by atoms with Crippen molar-refractivity contribution in [1.82, 2.24) is 4.98 Å². The van der Waals surface area contributed by atoms with Crippen molar-refractivity contribution in [3.63, 3.8) is 0 Å². The molecule has 19 heavy (non-hydrogen) atoms. The molecule has 0 unspecified atom stereocenters. The van der Waals surface area contributed by atoms with Gasteiger partial charge >= 0.3 is 0 Å². The zero-order chi connectivity index (χ0) is 13.1. The van der Waals surface area contributed by atoms with E-state index in [-0.39, 0.29) is 0 Å². The Morgan fingerprint density at radius 3 is 3.11 bits per heavy atom. The third kappa shape index (κ3) is 2.80. The molecule has 2 heterocycles. The summed E-state index contributed by atoms with van der Waals surface area (Å²) < 4.78 is 5.84. The van der Waals surface area contributed by atoms with E-state index in [0.29, 0.717) is 13.2 Å². The average Bonchev–Trinajstić information content (AvgIpc) is 3.08. The van der Waals surface area contributed by atoms with Gasteiger partial charge in [0.2, 0.25) is 5.88 Å². The lowest BCUT2D eigenvalue weighted by Crippen LogP contribution is -2.08. The molecular weight excluding hydrogens is 256 g/mol. The van der Waals surface area contributed by atoms with E-state index in [9.17, 15) is 0 Å². The predicted octanol–water partition coefficient (Wildman–Crippen LogP) is 2.71. The number of rotatable bonds is 5. The van der Waals surface area contributed by atoms with Crippen LogP contribution in [0.25, 0.3) is 0 Å². The Morgan fingerprint density at radius 2 is 2.32 bits per heavy atom. The van der Waals surface area contributed by atoms with E-state index < -0.39 is 0 Å². The van der Waals surface area contributed by atoms with E-state index in [1.807, 2.05) is 0 Å². The van der Waals surface area contributed by atoms with Crippen LogP contribution in [0.1, 0.15) is 28.1 Å². The number of hydrogen-bond acceptors (Lipinski definition) is 4. The van der Waals surface area contributed by atoms with E-state index in [1.165, 1.54) is 22.6 Å². The average molecular weight is 274 g/mol. The van der Waals surface area contributed by atoms with Crippen molar-refractivity contribution >= 4 is 11.3 Å². The maximum absolute atomic E-state index is 5.84. The molecule has 2 aromatic heterocycles. The highest BCUT2D eigenvalue weighted by atomic mass is 32.1. The highest BCUT2D eigenvalue weighted by molar-refractivity contribution is 7.09. The molecule has 3 rings (SSSR count). The van der Waals surface area contributed by atoms with Gasteiger partial charge in [0.25, 0.3) is 0 Å². The van der Waals surface area contributed by atoms with E-state index in [1.54, 1.807) is 11.3 Å². The number of nitrogens with zero attached hydrogens (tertiary/aromatic N) is 1. The van der Waals surface area contributed by atoms with Crippen LogP contribution in [-0.2, 0) is 25.8 Å². The lowest BCUT2D eigenvalue weighted by Gasteiger charge is -2.11. The number of ether oxygens (including phenoxy) is 1. The molecule has 3 nitrogen and oxygen atoms in total. The first kappa shape index (κ1) is 12.6. The quantitative estimate of drug-likeness (QED) is 0.912. The van der Waals surface area contributed by atoms with Gasteiger partial charge in [-0.25, -0.2) is 4.98 Å². The van der Waals surface area contributed by atoms with Gasteiger partial charge in [-0.15, -0.1) is 11.3 Å². The number of hydrogen-bond donors (Lipinski definition) is 1. The molecule has 1 aliphatic rings. The molecule has 0 aliphatic heterocycles. The molecule has 0 radical (unpaired) electrons. The van der Waals surface area contributed by atoms with Crippen LogP contribution < -0.4 is 10.5 Å². The Balaban J connectivity index is 1.69. The monoisotopic (exact) mass is 274 g/mol. The maximum Gasteiger partial charge on any atom is 0.218 e. The Morgan fingerprint density at radius 1 is 1.37 bits per heavy atom. The lowest BCUT2D eigenvalue weighted by molar-refractivity contribution is 0.306. The van der Waals surface area contributed by atoms with Crippen LogP contribution in [0.15, 0.2) is 23.6 Å². The van der Waals surface area contributed by atoms with Gasteiger partial charge in [-0.05, 0) is 42.3 Å². The van der Waals surface area contributed by atoms with Gasteiger partial charge in [-0.3, -0.25) is 0 Å². The SMILES string of the molecule is NCc1cc2c(nc1OCCc1cccs1)CCC2. The fourth-order valence-corrected chi connectivity index (χ4v) is 3.17. The van der Waals surface area contributed by atoms with Crippen LogP contribution in [0.5, 0.6) is 5.88 Å². The molecule has 1 aliphatic carbocycles. The molecule has 0 aromatic carbocycles. The van der Waals surface area contributed by atoms with Crippen molar-refractivity contribution in [2.45, 2.75) is 32.2 Å². The summed E-state index contributed by atoms with van der Waals surface area (Å²) in [5, 5.41) is 2.09. The lowest BCUT2D eigenvalue weighted by atomic mass is 10.1. The van der Waals surface area contributed by atoms with Gasteiger partial charge in [0.05, 0.1) is 6.61 Å². The molecule has 0 fully saturated rings. The number of aromatic nitrogens is 1. The second kappa shape index (κ2) is 5.72. The van der Waals surface area contributed by atoms with Crippen molar-refractivity contribution in [2.75, 3.05) is 6.61 Å². The topological polar surface area (TPSA) is 48.1 Å². The van der Waals surface area contributed by atoms with Crippen LogP contribution in [-0.4, -0.2) is 11.6 Å². The molecule has 0 atom stereocenters. The van der Waals surface area contributed by atoms with Gasteiger partial charge in [0.15, 0.2) is 0 Å². The number of aryl methyl sites for hydroxylation is 2. The van der Waals surface area contributed by atoms with E-state index in [2.05, 4.69) is 28.6 Å². The fourth-order valence-electron chi connectivity index (χ4n) is 2.48. The number of pyridine rings is 1. The molecule has 100 valence electrons. The van der Waals surface area contributed by atoms with Crippen molar-refractivity contribution in [3.8, 4) is 5.88 Å². The molecule has 0 saturated carbocycles. The highest BCUT2D eigenvalue weighted by Crippen LogP contribution is 2.26. The minimum atomic E-state index is 0.495. The molecule has 2 N–H and O–H groups in total. The molecule has 0 bridgehead atoms. The first-order valence-electron chi connectivity index (χ1n) is 6.73. The third-order valence-corrected chi connectivity index (χ3v) is 4.41. The molecular formula is C15H18N2OS. The summed E-state index contributed by atoms with van der Waals surface area (Å²) in [6, 6.07) is 6.38. The smallest absolute Gasteiger partial charge is 0.218 e. The summed E-state index contributed by atoms with van der Waals surface area (Å²) in [4.78, 5) is 5.99. The van der Waals surface area contributed by atoms with E-state index >= 15 is 0 Å². The summed E-state index contributed by atoms with van der Waals surface area (Å²) in [5.74, 6) is 0.736. The van der Waals surface area contributed by atoms with Crippen molar-refractivity contribution < 1.29 is 4.74 Å². The second-order valence-corrected chi connectivity index (χ2v) is 5.83. The third-order valence-electron chi connectivity index (χ3n) is 3.48. The van der Waals surface area contributed by atoms with Gasteiger partial charge in [-0.1, -0.05) is 6.07 Å². The normalized spacial score (nSPS) is 13.5. The van der Waals surface area contributed by atoms with Gasteiger partial charge in [0.1, 0.15) is 0 Å². The molecule has 0 saturated heterocycles. The van der Waals surface area contributed by atoms with Crippen molar-refractivity contribution in [3.05, 3.63) is 45.3 Å². The highest BCUT2D eigenvalue weighted by Gasteiger charge is 2.16. The molecule has 4 heteroatoms. The Kier molecular flexibility index (Phi) is 3.80. The fraction of sp³-hybridized carbons (Fsp3) is 0.400. The zero-order valence-electron chi connectivity index (χ0n) is 10.9. The maximum atomic E-state index is 5.84. The van der Waals surface area contributed by atoms with Crippen LogP contribution in [0.4, 0.5) is 0 Å². The first-order valence-corrected chi connectivity index (χ1v) is 7.61.